The second-order valence-corrected chi connectivity index (χ2v) is 17.9. The van der Waals surface area contributed by atoms with Crippen LogP contribution in [0, 0.1) is 40.4 Å². The predicted molar refractivity (Wildman–Crippen MR) is 185 cm³/mol. The molecule has 3 saturated carbocycles. The van der Waals surface area contributed by atoms with Crippen LogP contribution in [0.2, 0.25) is 0 Å². The molecule has 3 fully saturated rings. The van der Waals surface area contributed by atoms with E-state index in [-0.39, 0.29) is 37.9 Å². The summed E-state index contributed by atoms with van der Waals surface area (Å²) >= 11 is 0. The average Bonchev–Trinajstić information content (AvgIpc) is 3.25. The fourth-order valence-corrected chi connectivity index (χ4v) is 11.5. The number of amides is 1. The molecule has 0 aliphatic heterocycles. The number of ketones is 2. The number of ether oxygens (including phenoxy) is 2. The number of hydrogen-bond donors (Lipinski definition) is 5. The number of phosphoric ester groups is 2. The van der Waals surface area contributed by atoms with Crippen LogP contribution in [0.1, 0.15) is 78.6 Å². The molecule has 1 amide bonds. The van der Waals surface area contributed by atoms with Crippen LogP contribution in [0.4, 0.5) is 0 Å². The minimum Gasteiger partial charge on any atom is -0.458 e. The smallest absolute Gasteiger partial charge is 0.458 e. The number of aliphatic hydroxyl groups excluding tert-OH is 1. The summed E-state index contributed by atoms with van der Waals surface area (Å²) in [7, 11) is -10.8. The van der Waals surface area contributed by atoms with E-state index in [0.717, 1.165) is 38.2 Å². The first kappa shape index (κ1) is 41.6. The highest BCUT2D eigenvalue weighted by Gasteiger charge is 2.72. The van der Waals surface area contributed by atoms with Crippen LogP contribution < -0.4 is 5.32 Å². The first-order chi connectivity index (χ1) is 24.8. The van der Waals surface area contributed by atoms with Gasteiger partial charge in [-0.3, -0.25) is 28.2 Å². The van der Waals surface area contributed by atoms with Crippen molar-refractivity contribution in [1.82, 2.24) is 5.32 Å². The number of rotatable bonds is 14. The van der Waals surface area contributed by atoms with Gasteiger partial charge in [0.2, 0.25) is 11.7 Å². The van der Waals surface area contributed by atoms with Crippen molar-refractivity contribution in [3.63, 3.8) is 0 Å². The molecule has 0 spiro atoms. The van der Waals surface area contributed by atoms with Crippen molar-refractivity contribution in [2.45, 2.75) is 102 Å². The highest BCUT2D eigenvalue weighted by molar-refractivity contribution is 7.61. The number of carbonyl (C=O) groups is 4. The van der Waals surface area contributed by atoms with Crippen molar-refractivity contribution in [3.8, 4) is 11.8 Å². The van der Waals surface area contributed by atoms with Crippen molar-refractivity contribution in [2.24, 2.45) is 28.6 Å². The number of carbonyl (C=O) groups excluding carboxylic acids is 4. The normalized spacial score (nSPS) is 37.1. The number of nitrogens with one attached hydrogen (secondary N) is 1. The lowest BCUT2D eigenvalue weighted by Crippen LogP contribution is -2.64. The van der Waals surface area contributed by atoms with Gasteiger partial charge in [-0.2, -0.15) is 4.31 Å². The maximum Gasteiger partial charge on any atom is 0.481 e. The minimum absolute atomic E-state index is 0.0191. The minimum atomic E-state index is -5.48. The number of phosphoric acid groups is 2. The van der Waals surface area contributed by atoms with E-state index in [1.807, 2.05) is 6.92 Å². The van der Waals surface area contributed by atoms with Gasteiger partial charge in [0.05, 0.1) is 18.8 Å². The standard InChI is InChI=1S/C35H49NO15P2/c1-22(37)47-20-30(40)35(42)29(39)18-27-26-12-11-23-17-24(38)13-14-33(23,2)32(26)28(19-34(27,35)3)50-53(45,46)51-52(43,44)49-16-15-36-31(41)21-48-25-9-7-5-4-6-8-10-25/h13-14,17,25-29,32,39,42H,4-7,9,11-12,15-16,18-21H2,1-3H3,(H,36,41)(H,43,44)(H,45,46)/t25?,26-,27-,28-,29+,32+,33-,34-,35-/m0/s1. The monoisotopic (exact) mass is 785 g/mol. The number of esters is 1. The molecule has 5 aliphatic rings. The Morgan fingerprint density at radius 2 is 1.83 bits per heavy atom. The molecule has 0 aromatic rings. The van der Waals surface area contributed by atoms with Gasteiger partial charge in [0.25, 0.3) is 0 Å². The number of aliphatic hydroxyl groups is 2. The van der Waals surface area contributed by atoms with Gasteiger partial charge in [0, 0.05) is 36.6 Å². The highest BCUT2D eigenvalue weighted by atomic mass is 31.3. The fraction of sp³-hybridized carbons (Fsp3) is 0.714. The van der Waals surface area contributed by atoms with E-state index < -0.39 is 92.9 Å². The molecule has 5 rings (SSSR count). The van der Waals surface area contributed by atoms with E-state index in [0.29, 0.717) is 19.3 Å². The maximum absolute atomic E-state index is 13.5. The molecule has 0 bridgehead atoms. The molecule has 0 aromatic carbocycles. The van der Waals surface area contributed by atoms with Gasteiger partial charge in [0.1, 0.15) is 12.7 Å². The van der Waals surface area contributed by atoms with Crippen LogP contribution in [-0.4, -0.2) is 93.7 Å². The van der Waals surface area contributed by atoms with Crippen LogP contribution >= 0.6 is 15.6 Å². The first-order valence-electron chi connectivity index (χ1n) is 17.9. The predicted octanol–water partition coefficient (Wildman–Crippen LogP) is 2.83. The average molecular weight is 786 g/mol. The quantitative estimate of drug-likeness (QED) is 0.0736. The Kier molecular flexibility index (Phi) is 12.8. The summed E-state index contributed by atoms with van der Waals surface area (Å²) in [5.74, 6) is 1.82. The molecule has 0 saturated heterocycles. The third kappa shape index (κ3) is 8.97. The lowest BCUT2D eigenvalue weighted by atomic mass is 9.46. The van der Waals surface area contributed by atoms with Crippen molar-refractivity contribution >= 4 is 39.1 Å². The zero-order chi connectivity index (χ0) is 38.8. The van der Waals surface area contributed by atoms with Gasteiger partial charge < -0.3 is 34.8 Å². The third-order valence-corrected chi connectivity index (χ3v) is 14.3. The molecular weight excluding hydrogens is 736 g/mol. The van der Waals surface area contributed by atoms with Gasteiger partial charge in [0.15, 0.2) is 18.0 Å². The van der Waals surface area contributed by atoms with Crippen LogP contribution in [0.25, 0.3) is 0 Å². The fourth-order valence-electron chi connectivity index (χ4n) is 9.21. The second-order valence-electron chi connectivity index (χ2n) is 14.9. The zero-order valence-corrected chi connectivity index (χ0v) is 31.9. The molecule has 16 nitrogen and oxygen atoms in total. The SMILES string of the molecule is CC(=O)OCC(=O)[C@@]1(O)[C@H](O)C[C@H]2[C@@H]3CCC4=CC(=O)C=C[C@]4(C)[C@H]3[C@@H](OP(=O)(O)OP(=O)(O)OCCNC(=O)COC3C#CCCCCC3)C[C@@]21C. The Labute approximate surface area is 308 Å². The Morgan fingerprint density at radius 3 is 2.57 bits per heavy atom. The van der Waals surface area contributed by atoms with Crippen molar-refractivity contribution in [2.75, 3.05) is 26.4 Å². The third-order valence-electron chi connectivity index (χ3n) is 11.6. The van der Waals surface area contributed by atoms with Crippen LogP contribution in [0.15, 0.2) is 23.8 Å². The maximum atomic E-state index is 13.5. The summed E-state index contributed by atoms with van der Waals surface area (Å²) in [6.45, 7) is 2.49. The summed E-state index contributed by atoms with van der Waals surface area (Å²) in [5.41, 5.74) is -4.13. The molecule has 5 aliphatic carbocycles. The first-order valence-corrected chi connectivity index (χ1v) is 20.9. The molecular formula is C35H49NO15P2. The summed E-state index contributed by atoms with van der Waals surface area (Å²) < 4.78 is 52.0. The molecule has 3 unspecified atom stereocenters. The second kappa shape index (κ2) is 16.3. The number of fused-ring (bicyclic) bond motifs is 5. The van der Waals surface area contributed by atoms with E-state index in [2.05, 4.69) is 21.5 Å². The van der Waals surface area contributed by atoms with E-state index in [9.17, 15) is 48.3 Å². The van der Waals surface area contributed by atoms with Crippen molar-refractivity contribution in [3.05, 3.63) is 23.8 Å². The van der Waals surface area contributed by atoms with Gasteiger partial charge in [-0.05, 0) is 68.9 Å². The Balaban J connectivity index is 1.29. The van der Waals surface area contributed by atoms with Crippen LogP contribution in [-0.2, 0) is 51.1 Å². The summed E-state index contributed by atoms with van der Waals surface area (Å²) in [4.78, 5) is 70.9. The van der Waals surface area contributed by atoms with Gasteiger partial charge in [-0.15, -0.1) is 5.92 Å². The lowest BCUT2D eigenvalue weighted by molar-refractivity contribution is -0.190. The Bertz CT molecular complexity index is 1690. The Morgan fingerprint density at radius 1 is 1.08 bits per heavy atom. The van der Waals surface area contributed by atoms with E-state index in [1.165, 1.54) is 12.2 Å². The summed E-state index contributed by atoms with van der Waals surface area (Å²) in [5, 5.41) is 25.7. The number of hydrogen-bond acceptors (Lipinski definition) is 13. The molecule has 0 aromatic heterocycles. The van der Waals surface area contributed by atoms with Crippen LogP contribution in [0.3, 0.4) is 0 Å². The molecule has 294 valence electrons. The zero-order valence-electron chi connectivity index (χ0n) is 30.1. The van der Waals surface area contributed by atoms with Gasteiger partial charge >= 0.3 is 21.6 Å². The summed E-state index contributed by atoms with van der Waals surface area (Å²) in [6.07, 6.45) is 6.20. The molecule has 0 radical (unpaired) electrons. The number of allylic oxidation sites excluding steroid dienone is 4. The van der Waals surface area contributed by atoms with E-state index in [4.69, 9.17) is 18.5 Å². The topological polar surface area (TPSA) is 242 Å². The molecule has 18 heteroatoms. The van der Waals surface area contributed by atoms with E-state index >= 15 is 0 Å². The van der Waals surface area contributed by atoms with Crippen molar-refractivity contribution < 1.29 is 71.1 Å². The van der Waals surface area contributed by atoms with Crippen LogP contribution in [0.5, 0.6) is 0 Å². The molecule has 11 atom stereocenters. The van der Waals surface area contributed by atoms with Gasteiger partial charge in [-0.1, -0.05) is 37.8 Å². The van der Waals surface area contributed by atoms with E-state index in [1.54, 1.807) is 13.0 Å². The summed E-state index contributed by atoms with van der Waals surface area (Å²) in [6, 6.07) is 0. The van der Waals surface area contributed by atoms with Gasteiger partial charge in [-0.25, -0.2) is 9.13 Å². The molecule has 0 heterocycles. The Hall–Kier alpha value is -2.54. The number of Topliss-reactive ketones (excluding diaryl/α,β-unsaturated/α-hetero) is 1. The molecule has 53 heavy (non-hydrogen) atoms. The van der Waals surface area contributed by atoms with Crippen molar-refractivity contribution in [1.29, 1.82) is 0 Å². The lowest BCUT2D eigenvalue weighted by Gasteiger charge is -2.60. The largest absolute Gasteiger partial charge is 0.481 e. The highest BCUT2D eigenvalue weighted by Crippen LogP contribution is 2.70. The molecule has 5 N–H and O–H groups in total.